The fraction of sp³-hybridized carbons (Fsp3) is 0.278. The summed E-state index contributed by atoms with van der Waals surface area (Å²) in [5.74, 6) is 0.138. The average Bonchev–Trinajstić information content (AvgIpc) is 2.56. The lowest BCUT2D eigenvalue weighted by Gasteiger charge is -2.36. The van der Waals surface area contributed by atoms with E-state index in [9.17, 15) is 4.79 Å². The Morgan fingerprint density at radius 3 is 2.05 bits per heavy atom. The first-order valence-electron chi connectivity index (χ1n) is 7.40. The van der Waals surface area contributed by atoms with E-state index >= 15 is 0 Å². The van der Waals surface area contributed by atoms with Crippen molar-refractivity contribution in [2.75, 3.05) is 31.1 Å². The van der Waals surface area contributed by atoms with Crippen molar-refractivity contribution in [1.82, 2.24) is 4.90 Å². The van der Waals surface area contributed by atoms with Gasteiger partial charge in [-0.2, -0.15) is 0 Å². The summed E-state index contributed by atoms with van der Waals surface area (Å²) in [7, 11) is 0. The third kappa shape index (κ3) is 3.60. The van der Waals surface area contributed by atoms with Crippen molar-refractivity contribution >= 4 is 24.0 Å². The topological polar surface area (TPSA) is 23.6 Å². The van der Waals surface area contributed by atoms with Gasteiger partial charge in [-0.1, -0.05) is 35.9 Å². The van der Waals surface area contributed by atoms with Crippen molar-refractivity contribution < 1.29 is 4.79 Å². The maximum Gasteiger partial charge on any atom is 0.253 e. The molecule has 2 aromatic carbocycles. The van der Waals surface area contributed by atoms with E-state index in [0.29, 0.717) is 0 Å². The zero-order chi connectivity index (χ0) is 14.7. The van der Waals surface area contributed by atoms with Gasteiger partial charge in [-0.15, -0.1) is 12.4 Å². The second-order valence-electron chi connectivity index (χ2n) is 5.48. The summed E-state index contributed by atoms with van der Waals surface area (Å²) in [6, 6.07) is 18.1. The summed E-state index contributed by atoms with van der Waals surface area (Å²) in [6.45, 7) is 5.44. The van der Waals surface area contributed by atoms with Gasteiger partial charge in [-0.3, -0.25) is 4.79 Å². The van der Waals surface area contributed by atoms with Crippen molar-refractivity contribution in [1.29, 1.82) is 0 Å². The van der Waals surface area contributed by atoms with E-state index in [-0.39, 0.29) is 18.3 Å². The Hall–Kier alpha value is -2.00. The van der Waals surface area contributed by atoms with Crippen LogP contribution in [-0.2, 0) is 0 Å². The molecule has 1 aliphatic heterocycles. The van der Waals surface area contributed by atoms with Gasteiger partial charge in [-0.05, 0) is 31.2 Å². The molecule has 0 unspecified atom stereocenters. The predicted octanol–water partition coefficient (Wildman–Crippen LogP) is 3.38. The Bertz CT molecular complexity index is 605. The van der Waals surface area contributed by atoms with Crippen LogP contribution < -0.4 is 4.90 Å². The van der Waals surface area contributed by atoms with Crippen LogP contribution in [0.15, 0.2) is 54.6 Å². The first-order chi connectivity index (χ1) is 10.2. The van der Waals surface area contributed by atoms with E-state index in [1.165, 1.54) is 11.3 Å². The van der Waals surface area contributed by atoms with Crippen LogP contribution in [0.3, 0.4) is 0 Å². The molecule has 1 fully saturated rings. The van der Waals surface area contributed by atoms with Crippen molar-refractivity contribution in [3.8, 4) is 0 Å². The number of carbonyl (C=O) groups is 1. The van der Waals surface area contributed by atoms with Gasteiger partial charge < -0.3 is 9.80 Å². The molecule has 1 amide bonds. The van der Waals surface area contributed by atoms with E-state index in [4.69, 9.17) is 0 Å². The quantitative estimate of drug-likeness (QED) is 0.848. The van der Waals surface area contributed by atoms with Gasteiger partial charge >= 0.3 is 0 Å². The highest BCUT2D eigenvalue weighted by Crippen LogP contribution is 2.18. The summed E-state index contributed by atoms with van der Waals surface area (Å²) < 4.78 is 0. The summed E-state index contributed by atoms with van der Waals surface area (Å²) in [5, 5.41) is 0. The van der Waals surface area contributed by atoms with Crippen LogP contribution in [0.4, 0.5) is 5.69 Å². The number of benzene rings is 2. The van der Waals surface area contributed by atoms with E-state index in [1.54, 1.807) is 0 Å². The third-order valence-corrected chi connectivity index (χ3v) is 3.99. The number of amides is 1. The maximum absolute atomic E-state index is 12.4. The number of halogens is 1. The summed E-state index contributed by atoms with van der Waals surface area (Å²) in [5.41, 5.74) is 3.30. The van der Waals surface area contributed by atoms with Crippen LogP contribution in [0.5, 0.6) is 0 Å². The zero-order valence-corrected chi connectivity index (χ0v) is 13.6. The molecule has 1 saturated heterocycles. The molecule has 4 heteroatoms. The van der Waals surface area contributed by atoms with E-state index in [1.807, 2.05) is 35.2 Å². The fourth-order valence-corrected chi connectivity index (χ4v) is 2.69. The number of aryl methyl sites for hydroxylation is 1. The first kappa shape index (κ1) is 16.4. The molecule has 1 heterocycles. The minimum absolute atomic E-state index is 0. The molecule has 0 spiro atoms. The average molecular weight is 317 g/mol. The second-order valence-corrected chi connectivity index (χ2v) is 5.48. The fourth-order valence-electron chi connectivity index (χ4n) is 2.69. The minimum atomic E-state index is 0. The molecule has 2 aromatic rings. The van der Waals surface area contributed by atoms with E-state index in [0.717, 1.165) is 31.7 Å². The summed E-state index contributed by atoms with van der Waals surface area (Å²) >= 11 is 0. The molecule has 116 valence electrons. The van der Waals surface area contributed by atoms with Crippen molar-refractivity contribution in [3.63, 3.8) is 0 Å². The Kier molecular flexibility index (Phi) is 5.45. The first-order valence-corrected chi connectivity index (χ1v) is 7.40. The molecule has 0 radical (unpaired) electrons. The van der Waals surface area contributed by atoms with Gasteiger partial charge in [0.15, 0.2) is 0 Å². The zero-order valence-electron chi connectivity index (χ0n) is 12.7. The van der Waals surface area contributed by atoms with Crippen LogP contribution in [-0.4, -0.2) is 37.0 Å². The number of rotatable bonds is 2. The Balaban J connectivity index is 0.00000176. The molecule has 0 atom stereocenters. The highest BCUT2D eigenvalue weighted by Gasteiger charge is 2.21. The number of hydrogen-bond acceptors (Lipinski definition) is 2. The van der Waals surface area contributed by atoms with Crippen LogP contribution in [0.1, 0.15) is 15.9 Å². The standard InChI is InChI=1S/C18H20N2O.ClH/c1-15-7-9-17(10-8-15)19-11-13-20(14-12-19)18(21)16-5-3-2-4-6-16;/h2-10H,11-14H2,1H3;1H. The Labute approximate surface area is 138 Å². The lowest BCUT2D eigenvalue weighted by atomic mass is 10.1. The monoisotopic (exact) mass is 316 g/mol. The van der Waals surface area contributed by atoms with Gasteiger partial charge in [0, 0.05) is 37.4 Å². The SMILES string of the molecule is Cc1ccc(N2CCN(C(=O)c3ccccc3)CC2)cc1.Cl. The third-order valence-electron chi connectivity index (χ3n) is 3.99. The lowest BCUT2D eigenvalue weighted by Crippen LogP contribution is -2.48. The van der Waals surface area contributed by atoms with Crippen LogP contribution >= 0.6 is 12.4 Å². The minimum Gasteiger partial charge on any atom is -0.368 e. The van der Waals surface area contributed by atoms with Crippen molar-refractivity contribution in [2.45, 2.75) is 6.92 Å². The normalized spacial score (nSPS) is 14.4. The van der Waals surface area contributed by atoms with Gasteiger partial charge in [0.1, 0.15) is 0 Å². The summed E-state index contributed by atoms with van der Waals surface area (Å²) in [6.07, 6.45) is 0. The van der Waals surface area contributed by atoms with Gasteiger partial charge in [-0.25, -0.2) is 0 Å². The lowest BCUT2D eigenvalue weighted by molar-refractivity contribution is 0.0747. The molecule has 0 bridgehead atoms. The molecule has 3 nitrogen and oxygen atoms in total. The van der Waals surface area contributed by atoms with E-state index in [2.05, 4.69) is 36.1 Å². The predicted molar refractivity (Wildman–Crippen MR) is 93.0 cm³/mol. The molecular formula is C18H21ClN2O. The highest BCUT2D eigenvalue weighted by atomic mass is 35.5. The number of hydrogen-bond donors (Lipinski definition) is 0. The Morgan fingerprint density at radius 1 is 0.864 bits per heavy atom. The second kappa shape index (κ2) is 7.32. The molecule has 1 aliphatic rings. The smallest absolute Gasteiger partial charge is 0.253 e. The van der Waals surface area contributed by atoms with Gasteiger partial charge in [0.05, 0.1) is 0 Å². The molecule has 0 saturated carbocycles. The maximum atomic E-state index is 12.4. The van der Waals surface area contributed by atoms with Crippen LogP contribution in [0, 0.1) is 6.92 Å². The van der Waals surface area contributed by atoms with E-state index < -0.39 is 0 Å². The molecular weight excluding hydrogens is 296 g/mol. The highest BCUT2D eigenvalue weighted by molar-refractivity contribution is 5.94. The largest absolute Gasteiger partial charge is 0.368 e. The van der Waals surface area contributed by atoms with Crippen molar-refractivity contribution in [3.05, 3.63) is 65.7 Å². The molecule has 0 aromatic heterocycles. The molecule has 0 aliphatic carbocycles. The Morgan fingerprint density at radius 2 is 1.45 bits per heavy atom. The summed E-state index contributed by atoms with van der Waals surface area (Å²) in [4.78, 5) is 16.7. The van der Waals surface area contributed by atoms with Crippen LogP contribution in [0.2, 0.25) is 0 Å². The van der Waals surface area contributed by atoms with Gasteiger partial charge in [0.2, 0.25) is 0 Å². The number of anilines is 1. The molecule has 22 heavy (non-hydrogen) atoms. The molecule has 3 rings (SSSR count). The van der Waals surface area contributed by atoms with Gasteiger partial charge in [0.25, 0.3) is 5.91 Å². The number of piperazine rings is 1. The van der Waals surface area contributed by atoms with Crippen molar-refractivity contribution in [2.24, 2.45) is 0 Å². The number of carbonyl (C=O) groups excluding carboxylic acids is 1. The molecule has 0 N–H and O–H groups in total. The van der Waals surface area contributed by atoms with Crippen LogP contribution in [0.25, 0.3) is 0 Å². The number of nitrogens with zero attached hydrogens (tertiary/aromatic N) is 2.